The van der Waals surface area contributed by atoms with Crippen molar-refractivity contribution in [3.63, 3.8) is 0 Å². The highest BCUT2D eigenvalue weighted by molar-refractivity contribution is 5.78. The van der Waals surface area contributed by atoms with Gasteiger partial charge in [0.2, 0.25) is 5.91 Å². The Bertz CT molecular complexity index is 319. The smallest absolute Gasteiger partial charge is 0.224 e. The van der Waals surface area contributed by atoms with Crippen molar-refractivity contribution in [3.05, 3.63) is 35.4 Å². The summed E-state index contributed by atoms with van der Waals surface area (Å²) >= 11 is 0. The fourth-order valence-corrected chi connectivity index (χ4v) is 1.42. The van der Waals surface area contributed by atoms with E-state index < -0.39 is 0 Å². The van der Waals surface area contributed by atoms with Crippen molar-refractivity contribution in [2.75, 3.05) is 19.6 Å². The number of hydrogen-bond donors (Lipinski definition) is 2. The maximum atomic E-state index is 11.5. The molecule has 0 saturated heterocycles. The van der Waals surface area contributed by atoms with Gasteiger partial charge in [0.25, 0.3) is 0 Å². The fourth-order valence-electron chi connectivity index (χ4n) is 1.42. The van der Waals surface area contributed by atoms with Gasteiger partial charge in [0.15, 0.2) is 0 Å². The molecule has 1 rings (SSSR count). The van der Waals surface area contributed by atoms with Crippen LogP contribution in [0.25, 0.3) is 0 Å². The molecule has 3 heteroatoms. The van der Waals surface area contributed by atoms with Gasteiger partial charge in [-0.1, -0.05) is 36.8 Å². The monoisotopic (exact) mass is 220 g/mol. The Kier molecular flexibility index (Phi) is 5.57. The molecule has 3 nitrogen and oxygen atoms in total. The lowest BCUT2D eigenvalue weighted by Gasteiger charge is -2.05. The summed E-state index contributed by atoms with van der Waals surface area (Å²) in [5, 5.41) is 6.04. The van der Waals surface area contributed by atoms with E-state index in [4.69, 9.17) is 0 Å². The first-order chi connectivity index (χ1) is 7.72. The maximum absolute atomic E-state index is 11.5. The molecule has 0 aliphatic rings. The SMILES string of the molecule is CCNCCNC(=O)Cc1ccc(C)cc1. The van der Waals surface area contributed by atoms with E-state index in [1.807, 2.05) is 38.1 Å². The molecule has 0 radical (unpaired) electrons. The molecule has 0 aromatic heterocycles. The second-order valence-corrected chi connectivity index (χ2v) is 3.87. The second kappa shape index (κ2) is 7.01. The summed E-state index contributed by atoms with van der Waals surface area (Å²) in [5.41, 5.74) is 2.28. The van der Waals surface area contributed by atoms with Gasteiger partial charge in [0, 0.05) is 13.1 Å². The number of carbonyl (C=O) groups is 1. The van der Waals surface area contributed by atoms with Gasteiger partial charge in [-0.25, -0.2) is 0 Å². The lowest BCUT2D eigenvalue weighted by atomic mass is 10.1. The Morgan fingerprint density at radius 2 is 1.88 bits per heavy atom. The zero-order chi connectivity index (χ0) is 11.8. The molecule has 0 spiro atoms. The molecule has 0 bridgehead atoms. The highest BCUT2D eigenvalue weighted by Gasteiger charge is 2.01. The summed E-state index contributed by atoms with van der Waals surface area (Å²) < 4.78 is 0. The molecular weight excluding hydrogens is 200 g/mol. The Balaban J connectivity index is 2.26. The topological polar surface area (TPSA) is 41.1 Å². The van der Waals surface area contributed by atoms with Gasteiger partial charge >= 0.3 is 0 Å². The average Bonchev–Trinajstić information content (AvgIpc) is 2.28. The van der Waals surface area contributed by atoms with Crippen LogP contribution in [0.3, 0.4) is 0 Å². The number of benzene rings is 1. The first-order valence-corrected chi connectivity index (χ1v) is 5.75. The van der Waals surface area contributed by atoms with Crippen LogP contribution in [0.1, 0.15) is 18.1 Å². The summed E-state index contributed by atoms with van der Waals surface area (Å²) in [6.45, 7) is 6.55. The summed E-state index contributed by atoms with van der Waals surface area (Å²) in [6.07, 6.45) is 0.465. The van der Waals surface area contributed by atoms with Gasteiger partial charge in [-0.05, 0) is 19.0 Å². The van der Waals surface area contributed by atoms with E-state index in [9.17, 15) is 4.79 Å². The third kappa shape index (κ3) is 4.94. The normalized spacial score (nSPS) is 10.1. The summed E-state index contributed by atoms with van der Waals surface area (Å²) in [6, 6.07) is 8.06. The quantitative estimate of drug-likeness (QED) is 0.709. The van der Waals surface area contributed by atoms with Crippen LogP contribution in [0.15, 0.2) is 24.3 Å². The van der Waals surface area contributed by atoms with Crippen molar-refractivity contribution in [3.8, 4) is 0 Å². The molecule has 0 atom stereocenters. The van der Waals surface area contributed by atoms with Crippen molar-refractivity contribution < 1.29 is 4.79 Å². The Labute approximate surface area is 97.2 Å². The molecule has 1 aromatic carbocycles. The van der Waals surface area contributed by atoms with Crippen molar-refractivity contribution in [2.45, 2.75) is 20.3 Å². The van der Waals surface area contributed by atoms with Gasteiger partial charge in [-0.3, -0.25) is 4.79 Å². The van der Waals surface area contributed by atoms with E-state index in [0.29, 0.717) is 13.0 Å². The van der Waals surface area contributed by atoms with E-state index >= 15 is 0 Å². The molecule has 0 fully saturated rings. The number of hydrogen-bond acceptors (Lipinski definition) is 2. The number of nitrogens with one attached hydrogen (secondary N) is 2. The molecule has 0 saturated carbocycles. The third-order valence-corrected chi connectivity index (χ3v) is 2.36. The molecule has 0 heterocycles. The van der Waals surface area contributed by atoms with E-state index in [2.05, 4.69) is 10.6 Å². The Morgan fingerprint density at radius 1 is 1.19 bits per heavy atom. The van der Waals surface area contributed by atoms with Crippen LogP contribution in [-0.2, 0) is 11.2 Å². The third-order valence-electron chi connectivity index (χ3n) is 2.36. The number of likely N-dealkylation sites (N-methyl/N-ethyl adjacent to an activating group) is 1. The highest BCUT2D eigenvalue weighted by atomic mass is 16.1. The lowest BCUT2D eigenvalue weighted by Crippen LogP contribution is -2.32. The summed E-state index contributed by atoms with van der Waals surface area (Å²) in [7, 11) is 0. The first kappa shape index (κ1) is 12.7. The maximum Gasteiger partial charge on any atom is 0.224 e. The minimum absolute atomic E-state index is 0.0850. The zero-order valence-corrected chi connectivity index (χ0v) is 10.0. The molecule has 0 unspecified atom stereocenters. The van der Waals surface area contributed by atoms with Crippen LogP contribution >= 0.6 is 0 Å². The molecular formula is C13H20N2O. The minimum atomic E-state index is 0.0850. The largest absolute Gasteiger partial charge is 0.355 e. The van der Waals surface area contributed by atoms with Gasteiger partial charge in [-0.15, -0.1) is 0 Å². The highest BCUT2D eigenvalue weighted by Crippen LogP contribution is 2.03. The first-order valence-electron chi connectivity index (χ1n) is 5.75. The number of carbonyl (C=O) groups excluding carboxylic acids is 1. The van der Waals surface area contributed by atoms with Crippen LogP contribution in [0.4, 0.5) is 0 Å². The van der Waals surface area contributed by atoms with Crippen LogP contribution in [-0.4, -0.2) is 25.5 Å². The van der Waals surface area contributed by atoms with Gasteiger partial charge < -0.3 is 10.6 Å². The molecule has 16 heavy (non-hydrogen) atoms. The number of rotatable bonds is 6. The van der Waals surface area contributed by atoms with E-state index in [1.165, 1.54) is 5.56 Å². The minimum Gasteiger partial charge on any atom is -0.355 e. The second-order valence-electron chi connectivity index (χ2n) is 3.87. The molecule has 0 aliphatic carbocycles. The van der Waals surface area contributed by atoms with Crippen LogP contribution in [0.5, 0.6) is 0 Å². The van der Waals surface area contributed by atoms with Crippen molar-refractivity contribution >= 4 is 5.91 Å². The van der Waals surface area contributed by atoms with Gasteiger partial charge in [0.1, 0.15) is 0 Å². The predicted octanol–water partition coefficient (Wildman–Crippen LogP) is 1.26. The number of amides is 1. The lowest BCUT2D eigenvalue weighted by molar-refractivity contribution is -0.120. The van der Waals surface area contributed by atoms with Crippen molar-refractivity contribution in [2.24, 2.45) is 0 Å². The summed E-state index contributed by atoms with van der Waals surface area (Å²) in [5.74, 6) is 0.0850. The molecule has 2 N–H and O–H groups in total. The fraction of sp³-hybridized carbons (Fsp3) is 0.462. The average molecular weight is 220 g/mol. The van der Waals surface area contributed by atoms with Gasteiger partial charge in [-0.2, -0.15) is 0 Å². The molecule has 1 aromatic rings. The number of aryl methyl sites for hydroxylation is 1. The molecule has 88 valence electrons. The standard InChI is InChI=1S/C13H20N2O/c1-3-14-8-9-15-13(16)10-12-6-4-11(2)5-7-12/h4-7,14H,3,8-10H2,1-2H3,(H,15,16). The van der Waals surface area contributed by atoms with E-state index in [0.717, 1.165) is 18.7 Å². The molecule has 0 aliphatic heterocycles. The van der Waals surface area contributed by atoms with Crippen LogP contribution in [0, 0.1) is 6.92 Å². The van der Waals surface area contributed by atoms with Crippen LogP contribution < -0.4 is 10.6 Å². The predicted molar refractivity (Wildman–Crippen MR) is 66.4 cm³/mol. The van der Waals surface area contributed by atoms with Crippen molar-refractivity contribution in [1.29, 1.82) is 0 Å². The zero-order valence-electron chi connectivity index (χ0n) is 10.0. The summed E-state index contributed by atoms with van der Waals surface area (Å²) in [4.78, 5) is 11.5. The Morgan fingerprint density at radius 3 is 2.50 bits per heavy atom. The van der Waals surface area contributed by atoms with Gasteiger partial charge in [0.05, 0.1) is 6.42 Å². The van der Waals surface area contributed by atoms with Crippen molar-refractivity contribution in [1.82, 2.24) is 10.6 Å². The van der Waals surface area contributed by atoms with E-state index in [-0.39, 0.29) is 5.91 Å². The molecule has 1 amide bonds. The Hall–Kier alpha value is -1.35. The van der Waals surface area contributed by atoms with E-state index in [1.54, 1.807) is 0 Å². The van der Waals surface area contributed by atoms with Crippen LogP contribution in [0.2, 0.25) is 0 Å².